The van der Waals surface area contributed by atoms with Crippen LogP contribution in [0.15, 0.2) is 114 Å². The van der Waals surface area contributed by atoms with Gasteiger partial charge in [0.05, 0.1) is 5.41 Å². The molecule has 246 valence electrons. The van der Waals surface area contributed by atoms with Crippen LogP contribution < -0.4 is 10.6 Å². The van der Waals surface area contributed by atoms with E-state index in [0.29, 0.717) is 30.0 Å². The van der Waals surface area contributed by atoms with Crippen molar-refractivity contribution in [1.29, 1.82) is 10.8 Å². The van der Waals surface area contributed by atoms with Crippen molar-refractivity contribution >= 4 is 17.2 Å². The largest absolute Gasteiger partial charge is 2.00 e. The molecule has 0 radical (unpaired) electrons. The average Bonchev–Trinajstić information content (AvgIpc) is 3.31. The number of nitrogens with zero attached hydrogens (tertiary/aromatic N) is 1. The number of aromatic nitrogens is 1. The van der Waals surface area contributed by atoms with Gasteiger partial charge in [0.15, 0.2) is 0 Å². The number of rotatable bonds is 11. The van der Waals surface area contributed by atoms with E-state index in [0.717, 1.165) is 27.8 Å². The zero-order chi connectivity index (χ0) is 33.5. The molecule has 1 heterocycles. The number of hydrogen-bond donors (Lipinski definition) is 4. The third-order valence-corrected chi connectivity index (χ3v) is 7.08. The van der Waals surface area contributed by atoms with Gasteiger partial charge in [0, 0.05) is 22.9 Å². The molecule has 0 unspecified atom stereocenters. The third kappa shape index (κ3) is 8.27. The topological polar surface area (TPSA) is 84.7 Å². The normalized spacial score (nSPS) is 14.6. The zero-order valence-electron chi connectivity index (χ0n) is 25.1. The van der Waals surface area contributed by atoms with Gasteiger partial charge in [-0.05, 0) is 40.3 Å². The van der Waals surface area contributed by atoms with Gasteiger partial charge in [0.25, 0.3) is 0 Å². The molecule has 0 bridgehead atoms. The monoisotopic (exact) mass is 828 g/mol. The Hall–Kier alpha value is -4.50. The number of allylic oxidation sites excluding steroid dienone is 8. The molecule has 12 heteroatoms. The SMILES string of the molecule is CC/C=C(/C=C\C=C(/C)N[C-]=CC(=N)C(F)(F)F)C1(c2cccc(N[C-]=CC(=N)C(F)(F)F)n2)c2ccccc2-c2ccccc21.[Pt+2]. The van der Waals surface area contributed by atoms with E-state index in [2.05, 4.69) is 23.0 Å². The van der Waals surface area contributed by atoms with Crippen molar-refractivity contribution < 1.29 is 47.4 Å². The molecule has 0 atom stereocenters. The van der Waals surface area contributed by atoms with Crippen LogP contribution in [0.2, 0.25) is 0 Å². The second-order valence-electron chi connectivity index (χ2n) is 10.2. The number of nitrogens with one attached hydrogen (secondary N) is 4. The molecule has 2 aromatic carbocycles. The van der Waals surface area contributed by atoms with Crippen LogP contribution in [0.4, 0.5) is 32.2 Å². The van der Waals surface area contributed by atoms with Gasteiger partial charge in [-0.25, -0.2) is 0 Å². The summed E-state index contributed by atoms with van der Waals surface area (Å²) in [6.07, 6.45) is 3.96. The van der Waals surface area contributed by atoms with Crippen molar-refractivity contribution in [1.82, 2.24) is 10.3 Å². The summed E-state index contributed by atoms with van der Waals surface area (Å²) in [6, 6.07) is 20.9. The van der Waals surface area contributed by atoms with E-state index >= 15 is 0 Å². The Bertz CT molecular complexity index is 1720. The number of halogens is 6. The maximum atomic E-state index is 12.8. The molecule has 0 saturated heterocycles. The molecular weight excluding hydrogens is 799 g/mol. The standard InChI is InChI=1S/C35H29F6N5.Pt/c1-3-10-24(12-8-11-23(2)44-21-19-29(42)34(36,37)38)33(27-15-6-4-13-25(27)26-14-5-7-16-28(26)33)31-17-9-18-32(46-31)45-22-20-30(43)35(39,40)41;/h4-20,42-44H,3H2,1-2H3,(H,45,46);/q-2;+2/b12-8-,23-11+,24-10-,42-29?,43-30?;. The summed E-state index contributed by atoms with van der Waals surface area (Å²) in [4.78, 5) is 4.83. The van der Waals surface area contributed by atoms with Crippen molar-refractivity contribution in [2.45, 2.75) is 38.0 Å². The van der Waals surface area contributed by atoms with Gasteiger partial charge >= 0.3 is 33.4 Å². The van der Waals surface area contributed by atoms with Crippen LogP contribution in [0.25, 0.3) is 11.1 Å². The van der Waals surface area contributed by atoms with Crippen molar-refractivity contribution in [2.24, 2.45) is 0 Å². The van der Waals surface area contributed by atoms with Crippen LogP contribution in [0.1, 0.15) is 37.1 Å². The molecule has 0 amide bonds. The van der Waals surface area contributed by atoms with Crippen molar-refractivity contribution in [3.8, 4) is 11.1 Å². The van der Waals surface area contributed by atoms with Crippen LogP contribution in [0, 0.1) is 23.2 Å². The molecular formula is C35H29F6N5Pt. The predicted octanol–water partition coefficient (Wildman–Crippen LogP) is 8.99. The predicted molar refractivity (Wildman–Crippen MR) is 167 cm³/mol. The van der Waals surface area contributed by atoms with Crippen LogP contribution in [0.5, 0.6) is 0 Å². The van der Waals surface area contributed by atoms with Crippen molar-refractivity contribution in [3.05, 3.63) is 144 Å². The summed E-state index contributed by atoms with van der Waals surface area (Å²) in [5, 5.41) is 19.5. The van der Waals surface area contributed by atoms with Gasteiger partial charge in [0.1, 0.15) is 0 Å². The van der Waals surface area contributed by atoms with E-state index in [1.165, 1.54) is 0 Å². The summed E-state index contributed by atoms with van der Waals surface area (Å²) >= 11 is 0. The Morgan fingerprint density at radius 3 is 1.94 bits per heavy atom. The van der Waals surface area contributed by atoms with Crippen LogP contribution >= 0.6 is 0 Å². The second-order valence-corrected chi connectivity index (χ2v) is 10.2. The number of fused-ring (bicyclic) bond motifs is 3. The number of pyridine rings is 1. The minimum absolute atomic E-state index is 0. The van der Waals surface area contributed by atoms with E-state index in [9.17, 15) is 26.3 Å². The van der Waals surface area contributed by atoms with Crippen molar-refractivity contribution in [3.63, 3.8) is 0 Å². The number of hydrogen-bond acceptors (Lipinski definition) is 5. The Morgan fingerprint density at radius 1 is 0.830 bits per heavy atom. The first-order chi connectivity index (χ1) is 21.8. The quantitative estimate of drug-likeness (QED) is 0.0512. The minimum Gasteiger partial charge on any atom is -0.471 e. The summed E-state index contributed by atoms with van der Waals surface area (Å²) in [5.41, 5.74) is 1.66. The Labute approximate surface area is 283 Å². The van der Waals surface area contributed by atoms with Gasteiger partial charge < -0.3 is 21.5 Å². The molecule has 4 rings (SSSR count). The summed E-state index contributed by atoms with van der Waals surface area (Å²) < 4.78 is 76.3. The Balaban J connectivity index is 0.00000600. The van der Waals surface area contributed by atoms with Gasteiger partial charge in [-0.15, -0.1) is 24.6 Å². The van der Waals surface area contributed by atoms with E-state index in [4.69, 9.17) is 15.8 Å². The van der Waals surface area contributed by atoms with Crippen LogP contribution in [0.3, 0.4) is 0 Å². The summed E-state index contributed by atoms with van der Waals surface area (Å²) in [7, 11) is 0. The Morgan fingerprint density at radius 2 is 1.38 bits per heavy atom. The van der Waals surface area contributed by atoms with Gasteiger partial charge in [-0.1, -0.05) is 105 Å². The zero-order valence-corrected chi connectivity index (χ0v) is 27.3. The van der Waals surface area contributed by atoms with Crippen LogP contribution in [-0.4, -0.2) is 28.8 Å². The molecule has 5 nitrogen and oxygen atoms in total. The maximum Gasteiger partial charge on any atom is 2.00 e. The Kier molecular flexibility index (Phi) is 12.1. The number of anilines is 1. The molecule has 1 aromatic heterocycles. The van der Waals surface area contributed by atoms with E-state index in [1.807, 2.05) is 73.7 Å². The number of alkyl halides is 6. The summed E-state index contributed by atoms with van der Waals surface area (Å²) in [6.45, 7) is 3.62. The van der Waals surface area contributed by atoms with Gasteiger partial charge in [-0.3, -0.25) is 4.98 Å². The van der Waals surface area contributed by atoms with E-state index < -0.39 is 29.2 Å². The molecule has 4 N–H and O–H groups in total. The van der Waals surface area contributed by atoms with Crippen LogP contribution in [-0.2, 0) is 26.5 Å². The van der Waals surface area contributed by atoms with E-state index in [-0.39, 0.29) is 26.9 Å². The molecule has 1 aliphatic rings. The molecule has 3 aromatic rings. The summed E-state index contributed by atoms with van der Waals surface area (Å²) in [5.74, 6) is 0.219. The maximum absolute atomic E-state index is 12.8. The second kappa shape index (κ2) is 15.4. The molecule has 0 spiro atoms. The number of benzene rings is 2. The first-order valence-electron chi connectivity index (χ1n) is 14.0. The third-order valence-electron chi connectivity index (χ3n) is 7.08. The first-order valence-corrected chi connectivity index (χ1v) is 14.0. The van der Waals surface area contributed by atoms with Gasteiger partial charge in [0.2, 0.25) is 0 Å². The molecule has 0 saturated carbocycles. The van der Waals surface area contributed by atoms with E-state index in [1.54, 1.807) is 31.2 Å². The average molecular weight is 829 g/mol. The minimum atomic E-state index is -4.81. The van der Waals surface area contributed by atoms with Gasteiger partial charge in [-0.2, -0.15) is 26.3 Å². The fourth-order valence-electron chi connectivity index (χ4n) is 5.15. The molecule has 0 aliphatic heterocycles. The smallest absolute Gasteiger partial charge is 0.471 e. The molecule has 47 heavy (non-hydrogen) atoms. The fourth-order valence-corrected chi connectivity index (χ4v) is 5.15. The first kappa shape index (κ1) is 37.0. The fraction of sp³-hybridized carbons (Fsp3) is 0.171. The molecule has 0 fully saturated rings. The van der Waals surface area contributed by atoms with Crippen molar-refractivity contribution in [2.75, 3.05) is 5.32 Å². The molecule has 1 aliphatic carbocycles.